The Morgan fingerprint density at radius 1 is 1.13 bits per heavy atom. The summed E-state index contributed by atoms with van der Waals surface area (Å²) >= 11 is 5.83. The number of amides is 3. The molecular weight excluding hydrogens is 324 g/mol. The number of carbonyl (C=O) groups excluding carboxylic acids is 3. The molecule has 8 nitrogen and oxygen atoms in total. The molecule has 0 aliphatic carbocycles. The zero-order chi connectivity index (χ0) is 16.9. The van der Waals surface area contributed by atoms with E-state index in [1.165, 1.54) is 18.2 Å². The van der Waals surface area contributed by atoms with Crippen LogP contribution in [0.1, 0.15) is 31.1 Å². The number of carbonyl (C=O) groups is 3. The fourth-order valence-corrected chi connectivity index (χ4v) is 2.60. The number of pyridine rings is 1. The number of nitrogens with one attached hydrogen (secondary N) is 1. The summed E-state index contributed by atoms with van der Waals surface area (Å²) in [5.41, 5.74) is 10.3. The maximum atomic E-state index is 12.3. The standard InChI is InChI=1S/C14H9ClN4O4/c15-5-1-2-8(6(3-5)12(17)21)19-9(20)4-7-10(11(19)16)14(23)18-13(7)22/h1-4H,16H2,(H2,17,21)(H,18,22,23). The normalized spacial score (nSPS) is 12.9. The van der Waals surface area contributed by atoms with Crippen LogP contribution in [0, 0.1) is 0 Å². The highest BCUT2D eigenvalue weighted by molar-refractivity contribution is 6.31. The minimum Gasteiger partial charge on any atom is -0.384 e. The van der Waals surface area contributed by atoms with Crippen molar-refractivity contribution in [2.75, 3.05) is 5.73 Å². The highest BCUT2D eigenvalue weighted by atomic mass is 35.5. The number of hydrogen-bond donors (Lipinski definition) is 3. The Labute approximate surface area is 133 Å². The van der Waals surface area contributed by atoms with Crippen LogP contribution in [0.3, 0.4) is 0 Å². The predicted molar refractivity (Wildman–Crippen MR) is 81.8 cm³/mol. The van der Waals surface area contributed by atoms with Crippen molar-refractivity contribution in [2.24, 2.45) is 5.73 Å². The Morgan fingerprint density at radius 2 is 1.83 bits per heavy atom. The van der Waals surface area contributed by atoms with Crippen LogP contribution in [0.15, 0.2) is 29.1 Å². The lowest BCUT2D eigenvalue weighted by Gasteiger charge is -2.14. The lowest BCUT2D eigenvalue weighted by molar-refractivity contribution is 0.0879. The summed E-state index contributed by atoms with van der Waals surface area (Å²) in [4.78, 5) is 47.4. The van der Waals surface area contributed by atoms with Crippen molar-refractivity contribution in [3.63, 3.8) is 0 Å². The molecule has 2 aromatic rings. The highest BCUT2D eigenvalue weighted by Gasteiger charge is 2.32. The number of nitrogens with two attached hydrogens (primary N) is 2. The lowest BCUT2D eigenvalue weighted by Crippen LogP contribution is -2.26. The van der Waals surface area contributed by atoms with Gasteiger partial charge >= 0.3 is 0 Å². The van der Waals surface area contributed by atoms with E-state index in [4.69, 9.17) is 23.1 Å². The molecule has 23 heavy (non-hydrogen) atoms. The maximum Gasteiger partial charge on any atom is 0.262 e. The number of fused-ring (bicyclic) bond motifs is 1. The van der Waals surface area contributed by atoms with Gasteiger partial charge in [-0.15, -0.1) is 0 Å². The minimum absolute atomic E-state index is 0.0454. The Kier molecular flexibility index (Phi) is 3.19. The van der Waals surface area contributed by atoms with Gasteiger partial charge in [0.05, 0.1) is 22.4 Å². The number of halogens is 1. The summed E-state index contributed by atoms with van der Waals surface area (Å²) in [6.07, 6.45) is 0. The molecule has 0 atom stereocenters. The molecule has 3 amide bonds. The van der Waals surface area contributed by atoms with Crippen LogP contribution in [0.4, 0.5) is 5.82 Å². The third-order valence-electron chi connectivity index (χ3n) is 3.42. The van der Waals surface area contributed by atoms with Crippen molar-refractivity contribution in [1.29, 1.82) is 0 Å². The molecule has 0 bridgehead atoms. The van der Waals surface area contributed by atoms with Gasteiger partial charge in [0.1, 0.15) is 5.82 Å². The molecule has 1 aliphatic rings. The van der Waals surface area contributed by atoms with E-state index in [0.29, 0.717) is 0 Å². The van der Waals surface area contributed by atoms with Gasteiger partial charge in [0, 0.05) is 11.1 Å². The summed E-state index contributed by atoms with van der Waals surface area (Å²) in [6.45, 7) is 0. The van der Waals surface area contributed by atoms with E-state index in [1.54, 1.807) is 0 Å². The zero-order valence-corrected chi connectivity index (χ0v) is 12.2. The van der Waals surface area contributed by atoms with Gasteiger partial charge in [0.15, 0.2) is 0 Å². The molecule has 3 rings (SSSR count). The average molecular weight is 333 g/mol. The van der Waals surface area contributed by atoms with Crippen LogP contribution < -0.4 is 22.3 Å². The molecule has 0 fully saturated rings. The Morgan fingerprint density at radius 3 is 2.48 bits per heavy atom. The third-order valence-corrected chi connectivity index (χ3v) is 3.65. The van der Waals surface area contributed by atoms with Gasteiger partial charge in [0.2, 0.25) is 0 Å². The van der Waals surface area contributed by atoms with Crippen molar-refractivity contribution in [2.45, 2.75) is 0 Å². The molecule has 0 saturated carbocycles. The molecule has 0 radical (unpaired) electrons. The number of rotatable bonds is 2. The van der Waals surface area contributed by atoms with Crippen molar-refractivity contribution < 1.29 is 14.4 Å². The second-order valence-corrected chi connectivity index (χ2v) is 5.24. The number of hydrogen-bond acceptors (Lipinski definition) is 5. The molecule has 1 aromatic heterocycles. The van der Waals surface area contributed by atoms with Crippen molar-refractivity contribution >= 4 is 35.1 Å². The molecule has 0 saturated heterocycles. The smallest absolute Gasteiger partial charge is 0.262 e. The number of nitrogens with zero attached hydrogens (tertiary/aromatic N) is 1. The zero-order valence-electron chi connectivity index (χ0n) is 11.4. The van der Waals surface area contributed by atoms with E-state index in [9.17, 15) is 19.2 Å². The summed E-state index contributed by atoms with van der Waals surface area (Å²) in [7, 11) is 0. The maximum absolute atomic E-state index is 12.3. The lowest BCUT2D eigenvalue weighted by atomic mass is 10.1. The number of anilines is 1. The Hall–Kier alpha value is -3.13. The number of imide groups is 1. The number of primary amides is 1. The quantitative estimate of drug-likeness (QED) is 0.667. The predicted octanol–water partition coefficient (Wildman–Crippen LogP) is 0.0556. The Balaban J connectivity index is 2.38. The third kappa shape index (κ3) is 2.16. The molecule has 0 unspecified atom stereocenters. The number of aromatic nitrogens is 1. The van der Waals surface area contributed by atoms with E-state index in [1.807, 2.05) is 0 Å². The van der Waals surface area contributed by atoms with Crippen LogP contribution in [0.25, 0.3) is 5.69 Å². The first kappa shape index (κ1) is 14.8. The summed E-state index contributed by atoms with van der Waals surface area (Å²) in [5.74, 6) is -2.51. The van der Waals surface area contributed by atoms with Crippen LogP contribution in [-0.2, 0) is 0 Å². The van der Waals surface area contributed by atoms with Crippen molar-refractivity contribution in [3.8, 4) is 5.69 Å². The van der Waals surface area contributed by atoms with E-state index in [2.05, 4.69) is 5.32 Å². The molecule has 116 valence electrons. The van der Waals surface area contributed by atoms with E-state index < -0.39 is 23.3 Å². The summed E-state index contributed by atoms with van der Waals surface area (Å²) < 4.78 is 0.938. The van der Waals surface area contributed by atoms with Gasteiger partial charge in [-0.05, 0) is 18.2 Å². The molecule has 1 aliphatic heterocycles. The van der Waals surface area contributed by atoms with Gasteiger partial charge in [-0.25, -0.2) is 0 Å². The van der Waals surface area contributed by atoms with Crippen LogP contribution in [-0.4, -0.2) is 22.3 Å². The Bertz CT molecular complexity index is 964. The largest absolute Gasteiger partial charge is 0.384 e. The topological polar surface area (TPSA) is 137 Å². The van der Waals surface area contributed by atoms with E-state index in [-0.39, 0.29) is 33.2 Å². The molecule has 9 heteroatoms. The molecule has 1 aromatic carbocycles. The molecule has 2 heterocycles. The fraction of sp³-hybridized carbons (Fsp3) is 0. The fourth-order valence-electron chi connectivity index (χ4n) is 2.43. The average Bonchev–Trinajstić information content (AvgIpc) is 2.74. The van der Waals surface area contributed by atoms with Gasteiger partial charge in [0.25, 0.3) is 23.3 Å². The molecule has 0 spiro atoms. The number of benzene rings is 1. The second-order valence-electron chi connectivity index (χ2n) is 4.80. The van der Waals surface area contributed by atoms with Gasteiger partial charge in [-0.3, -0.25) is 29.1 Å². The summed E-state index contributed by atoms with van der Waals surface area (Å²) in [5, 5.41) is 2.29. The molecule has 5 N–H and O–H groups in total. The van der Waals surface area contributed by atoms with E-state index >= 15 is 0 Å². The SMILES string of the molecule is NC(=O)c1cc(Cl)ccc1-n1c(N)c2c(cc1=O)C(=O)NC2=O. The van der Waals surface area contributed by atoms with Crippen LogP contribution in [0.5, 0.6) is 0 Å². The second kappa shape index (κ2) is 4.96. The van der Waals surface area contributed by atoms with Gasteiger partial charge < -0.3 is 11.5 Å². The first-order valence-electron chi connectivity index (χ1n) is 6.32. The van der Waals surface area contributed by atoms with Gasteiger partial charge in [-0.2, -0.15) is 0 Å². The first-order valence-corrected chi connectivity index (χ1v) is 6.70. The van der Waals surface area contributed by atoms with E-state index in [0.717, 1.165) is 10.6 Å². The summed E-state index contributed by atoms with van der Waals surface area (Å²) in [6, 6.07) is 5.07. The monoisotopic (exact) mass is 332 g/mol. The minimum atomic E-state index is -0.824. The van der Waals surface area contributed by atoms with Crippen molar-refractivity contribution in [1.82, 2.24) is 9.88 Å². The van der Waals surface area contributed by atoms with Crippen molar-refractivity contribution in [3.05, 3.63) is 56.3 Å². The first-order chi connectivity index (χ1) is 10.8. The van der Waals surface area contributed by atoms with Crippen LogP contribution >= 0.6 is 11.6 Å². The van der Waals surface area contributed by atoms with Gasteiger partial charge in [-0.1, -0.05) is 11.6 Å². The van der Waals surface area contributed by atoms with Crippen LogP contribution in [0.2, 0.25) is 5.02 Å². The molecular formula is C14H9ClN4O4. The number of nitrogen functional groups attached to an aromatic ring is 1. The highest BCUT2D eigenvalue weighted by Crippen LogP contribution is 2.25.